The summed E-state index contributed by atoms with van der Waals surface area (Å²) in [6.07, 6.45) is 9.68. The largest absolute Gasteiger partial charge is 0.337 e. The number of aromatic nitrogens is 2. The molecule has 4 heterocycles. The van der Waals surface area contributed by atoms with Gasteiger partial charge in [0.15, 0.2) is 0 Å². The third-order valence-electron chi connectivity index (χ3n) is 6.03. The van der Waals surface area contributed by atoms with Gasteiger partial charge in [0.05, 0.1) is 11.5 Å². The molecule has 5 rings (SSSR count). The fourth-order valence-corrected chi connectivity index (χ4v) is 4.23. The molecule has 134 valence electrons. The summed E-state index contributed by atoms with van der Waals surface area (Å²) in [5.41, 5.74) is 0.525. The van der Waals surface area contributed by atoms with Crippen molar-refractivity contribution in [3.8, 4) is 0 Å². The summed E-state index contributed by atoms with van der Waals surface area (Å²) < 4.78 is 0. The van der Waals surface area contributed by atoms with E-state index in [0.717, 1.165) is 31.6 Å². The van der Waals surface area contributed by atoms with Gasteiger partial charge in [0.2, 0.25) is 5.91 Å². The molecule has 0 aromatic carbocycles. The molecule has 2 bridgehead atoms. The van der Waals surface area contributed by atoms with Gasteiger partial charge in [-0.15, -0.1) is 0 Å². The molecule has 1 aromatic heterocycles. The van der Waals surface area contributed by atoms with E-state index in [1.165, 1.54) is 19.3 Å². The predicted octanol–water partition coefficient (Wildman–Crippen LogP) is 1.90. The minimum atomic E-state index is -0.0437. The van der Waals surface area contributed by atoms with Crippen LogP contribution in [0.15, 0.2) is 12.4 Å². The summed E-state index contributed by atoms with van der Waals surface area (Å²) in [7, 11) is 0. The Morgan fingerprint density at radius 2 is 1.92 bits per heavy atom. The van der Waals surface area contributed by atoms with E-state index in [9.17, 15) is 9.59 Å². The number of rotatable bonds is 4. The molecule has 6 heteroatoms. The highest BCUT2D eigenvalue weighted by Crippen LogP contribution is 2.34. The number of amides is 2. The lowest BCUT2D eigenvalue weighted by molar-refractivity contribution is -0.141. The lowest BCUT2D eigenvalue weighted by Gasteiger charge is -2.40. The Labute approximate surface area is 148 Å². The lowest BCUT2D eigenvalue weighted by Crippen LogP contribution is -2.50. The Hall–Kier alpha value is -1.98. The molecule has 0 unspecified atom stereocenters. The second-order valence-electron chi connectivity index (χ2n) is 7.67. The van der Waals surface area contributed by atoms with Crippen molar-refractivity contribution in [2.24, 2.45) is 11.8 Å². The van der Waals surface area contributed by atoms with E-state index in [4.69, 9.17) is 0 Å². The first-order valence-corrected chi connectivity index (χ1v) is 9.56. The Morgan fingerprint density at radius 3 is 2.56 bits per heavy atom. The van der Waals surface area contributed by atoms with E-state index in [2.05, 4.69) is 14.9 Å². The number of hydrogen-bond acceptors (Lipinski definition) is 4. The first-order chi connectivity index (χ1) is 12.2. The third-order valence-corrected chi connectivity index (χ3v) is 6.03. The summed E-state index contributed by atoms with van der Waals surface area (Å²) in [6.45, 7) is 4.05. The molecule has 3 aliphatic heterocycles. The molecular formula is C19H26N4O2. The molecule has 0 radical (unpaired) electrons. The van der Waals surface area contributed by atoms with Crippen LogP contribution in [0.1, 0.15) is 55.2 Å². The second kappa shape index (κ2) is 6.73. The van der Waals surface area contributed by atoms with Gasteiger partial charge in [-0.25, -0.2) is 9.97 Å². The number of nitrogens with zero attached hydrogens (tertiary/aromatic N) is 4. The van der Waals surface area contributed by atoms with E-state index in [1.54, 1.807) is 12.4 Å². The van der Waals surface area contributed by atoms with Gasteiger partial charge in [0.25, 0.3) is 5.91 Å². The predicted molar refractivity (Wildman–Crippen MR) is 92.9 cm³/mol. The van der Waals surface area contributed by atoms with E-state index in [0.29, 0.717) is 24.6 Å². The lowest BCUT2D eigenvalue weighted by atomic mass is 9.83. The zero-order valence-corrected chi connectivity index (χ0v) is 14.9. The maximum absolute atomic E-state index is 12.9. The number of hydrogen-bond donors (Lipinski definition) is 0. The quantitative estimate of drug-likeness (QED) is 0.838. The van der Waals surface area contributed by atoms with Crippen LogP contribution in [0, 0.1) is 11.8 Å². The summed E-state index contributed by atoms with van der Waals surface area (Å²) in [5, 5.41) is 0. The minimum Gasteiger partial charge on any atom is -0.337 e. The third kappa shape index (κ3) is 3.14. The van der Waals surface area contributed by atoms with E-state index < -0.39 is 0 Å². The maximum Gasteiger partial charge on any atom is 0.257 e. The van der Waals surface area contributed by atoms with E-state index >= 15 is 0 Å². The van der Waals surface area contributed by atoms with Crippen molar-refractivity contribution in [1.82, 2.24) is 19.8 Å². The van der Waals surface area contributed by atoms with Crippen molar-refractivity contribution in [3.05, 3.63) is 23.8 Å². The van der Waals surface area contributed by atoms with Crippen molar-refractivity contribution >= 4 is 11.8 Å². The van der Waals surface area contributed by atoms with Crippen LogP contribution in [0.3, 0.4) is 0 Å². The normalized spacial score (nSPS) is 26.5. The average Bonchev–Trinajstić information content (AvgIpc) is 2.89. The zero-order chi connectivity index (χ0) is 17.4. The van der Waals surface area contributed by atoms with Crippen molar-refractivity contribution in [2.75, 3.05) is 19.6 Å². The van der Waals surface area contributed by atoms with Crippen LogP contribution in [0.25, 0.3) is 0 Å². The minimum absolute atomic E-state index is 0.0430. The van der Waals surface area contributed by atoms with Crippen molar-refractivity contribution in [3.63, 3.8) is 0 Å². The summed E-state index contributed by atoms with van der Waals surface area (Å²) in [6, 6.07) is 0.173. The number of carbonyl (C=O) groups excluding carboxylic acids is 2. The summed E-state index contributed by atoms with van der Waals surface area (Å²) in [5.74, 6) is 1.59. The number of piperidine rings is 1. The van der Waals surface area contributed by atoms with Gasteiger partial charge in [-0.3, -0.25) is 9.59 Å². The molecule has 0 N–H and O–H groups in total. The van der Waals surface area contributed by atoms with Crippen molar-refractivity contribution < 1.29 is 9.59 Å². The number of fused-ring (bicyclic) bond motifs is 4. The topological polar surface area (TPSA) is 66.4 Å². The molecule has 3 saturated heterocycles. The number of carbonyl (C=O) groups is 2. The van der Waals surface area contributed by atoms with Crippen LogP contribution < -0.4 is 0 Å². The number of aryl methyl sites for hydroxylation is 1. The van der Waals surface area contributed by atoms with Gasteiger partial charge in [-0.2, -0.15) is 0 Å². The van der Waals surface area contributed by atoms with Crippen LogP contribution in [-0.2, 0) is 11.2 Å². The Balaban J connectivity index is 1.50. The first kappa shape index (κ1) is 16.5. The molecule has 2 atom stereocenters. The molecule has 2 amide bonds. The van der Waals surface area contributed by atoms with Crippen LogP contribution in [-0.4, -0.2) is 57.3 Å². The fraction of sp³-hybridized carbons (Fsp3) is 0.684. The Bertz CT molecular complexity index is 656. The molecule has 1 saturated carbocycles. The smallest absolute Gasteiger partial charge is 0.257 e. The molecular weight excluding hydrogens is 316 g/mol. The molecule has 0 spiro atoms. The molecule has 25 heavy (non-hydrogen) atoms. The van der Waals surface area contributed by atoms with Gasteiger partial charge in [0, 0.05) is 44.5 Å². The van der Waals surface area contributed by atoms with Crippen LogP contribution in [0.4, 0.5) is 0 Å². The highest BCUT2D eigenvalue weighted by molar-refractivity contribution is 5.94. The maximum atomic E-state index is 12.9. The monoisotopic (exact) mass is 342 g/mol. The summed E-state index contributed by atoms with van der Waals surface area (Å²) >= 11 is 0. The van der Waals surface area contributed by atoms with Gasteiger partial charge < -0.3 is 9.80 Å². The van der Waals surface area contributed by atoms with Crippen molar-refractivity contribution in [1.29, 1.82) is 0 Å². The first-order valence-electron chi connectivity index (χ1n) is 9.56. The molecule has 1 aliphatic carbocycles. The zero-order valence-electron chi connectivity index (χ0n) is 14.9. The van der Waals surface area contributed by atoms with Gasteiger partial charge in [-0.1, -0.05) is 13.3 Å². The fourth-order valence-electron chi connectivity index (χ4n) is 4.23. The van der Waals surface area contributed by atoms with Crippen molar-refractivity contribution in [2.45, 2.75) is 51.5 Å². The molecule has 4 aliphatic rings. The molecule has 6 nitrogen and oxygen atoms in total. The average molecular weight is 342 g/mol. The Kier molecular flexibility index (Phi) is 4.44. The SMILES string of the molecule is CCc1ncc(C(=O)N2C[C@H]3CC[C@@H](C2)N(CC2CCC2)C3=O)cn1. The standard InChI is InChI=1S/C19H26N4O2/c1-2-17-20-8-15(9-21-17)18(24)22-11-14-6-7-16(12-22)23(19(14)25)10-13-4-3-5-13/h8-9,13-14,16H,2-7,10-12H2,1H3/t14-,16+/m1/s1. The summed E-state index contributed by atoms with van der Waals surface area (Å²) in [4.78, 5) is 38.1. The van der Waals surface area contributed by atoms with E-state index in [1.807, 2.05) is 11.8 Å². The van der Waals surface area contributed by atoms with E-state index in [-0.39, 0.29) is 23.8 Å². The Morgan fingerprint density at radius 1 is 1.16 bits per heavy atom. The highest BCUT2D eigenvalue weighted by Gasteiger charge is 2.43. The van der Waals surface area contributed by atoms with Gasteiger partial charge in [0.1, 0.15) is 5.82 Å². The molecule has 1 aromatic rings. The van der Waals surface area contributed by atoms with Gasteiger partial charge in [-0.05, 0) is 31.6 Å². The van der Waals surface area contributed by atoms with Crippen LogP contribution in [0.2, 0.25) is 0 Å². The molecule has 4 fully saturated rings. The highest BCUT2D eigenvalue weighted by atomic mass is 16.2. The van der Waals surface area contributed by atoms with Gasteiger partial charge >= 0.3 is 0 Å². The van der Waals surface area contributed by atoms with Crippen LogP contribution >= 0.6 is 0 Å². The van der Waals surface area contributed by atoms with Crippen LogP contribution in [0.5, 0.6) is 0 Å². The second-order valence-corrected chi connectivity index (χ2v) is 7.67.